The maximum absolute atomic E-state index is 13.1. The number of benzene rings is 2. The number of fused-ring (bicyclic) bond motifs is 1. The fourth-order valence-corrected chi connectivity index (χ4v) is 5.42. The van der Waals surface area contributed by atoms with Crippen LogP contribution in [-0.2, 0) is 10.3 Å². The van der Waals surface area contributed by atoms with Crippen LogP contribution in [0, 0.1) is 5.82 Å². The van der Waals surface area contributed by atoms with E-state index in [0.717, 1.165) is 68.7 Å². The summed E-state index contributed by atoms with van der Waals surface area (Å²) in [7, 11) is 0. The molecule has 1 saturated heterocycles. The maximum atomic E-state index is 13.1. The molecule has 2 amide bonds. The van der Waals surface area contributed by atoms with Crippen LogP contribution >= 0.6 is 0 Å². The SMILES string of the molecule is O=C(CN1CCC(NC(=O)c2ccc(F)cc2)CC1)NC1(c2ccc3c(c2)OCCO3)CCCC1. The molecule has 8 heteroatoms. The Balaban J connectivity index is 1.14. The highest BCUT2D eigenvalue weighted by molar-refractivity contribution is 5.94. The predicted octanol–water partition coefficient (Wildman–Crippen LogP) is 3.38. The molecule has 1 aliphatic carbocycles. The Hall–Kier alpha value is -3.13. The molecule has 186 valence electrons. The summed E-state index contributed by atoms with van der Waals surface area (Å²) in [6, 6.07) is 11.6. The van der Waals surface area contributed by atoms with Gasteiger partial charge in [-0.15, -0.1) is 0 Å². The summed E-state index contributed by atoms with van der Waals surface area (Å²) in [6.45, 7) is 2.90. The average Bonchev–Trinajstić information content (AvgIpc) is 3.34. The van der Waals surface area contributed by atoms with Crippen LogP contribution in [0.3, 0.4) is 0 Å². The van der Waals surface area contributed by atoms with Crippen LogP contribution in [0.2, 0.25) is 0 Å². The second kappa shape index (κ2) is 10.2. The van der Waals surface area contributed by atoms with Crippen LogP contribution in [-0.4, -0.2) is 55.6 Å². The zero-order valence-corrected chi connectivity index (χ0v) is 19.9. The third kappa shape index (κ3) is 5.42. The van der Waals surface area contributed by atoms with Crippen molar-refractivity contribution in [3.05, 3.63) is 59.4 Å². The van der Waals surface area contributed by atoms with Gasteiger partial charge < -0.3 is 20.1 Å². The molecule has 0 atom stereocenters. The number of hydrogen-bond acceptors (Lipinski definition) is 5. The molecule has 3 aliphatic rings. The quantitative estimate of drug-likeness (QED) is 0.661. The van der Waals surface area contributed by atoms with Crippen molar-refractivity contribution in [3.8, 4) is 11.5 Å². The van der Waals surface area contributed by atoms with Crippen molar-refractivity contribution < 1.29 is 23.5 Å². The zero-order chi connectivity index (χ0) is 24.3. The average molecular weight is 482 g/mol. The summed E-state index contributed by atoms with van der Waals surface area (Å²) in [5.74, 6) is 0.980. The van der Waals surface area contributed by atoms with Crippen LogP contribution in [0.15, 0.2) is 42.5 Å². The monoisotopic (exact) mass is 481 g/mol. The van der Waals surface area contributed by atoms with Crippen molar-refractivity contribution in [1.82, 2.24) is 15.5 Å². The minimum absolute atomic E-state index is 0.0237. The Morgan fingerprint density at radius 3 is 2.37 bits per heavy atom. The summed E-state index contributed by atoms with van der Waals surface area (Å²) in [6.07, 6.45) is 5.52. The molecule has 35 heavy (non-hydrogen) atoms. The van der Waals surface area contributed by atoms with E-state index in [4.69, 9.17) is 9.47 Å². The molecule has 5 rings (SSSR count). The summed E-state index contributed by atoms with van der Waals surface area (Å²) in [5.41, 5.74) is 1.16. The van der Waals surface area contributed by atoms with Gasteiger partial charge in [0.25, 0.3) is 5.91 Å². The third-order valence-electron chi connectivity index (χ3n) is 7.33. The number of halogens is 1. The van der Waals surface area contributed by atoms with E-state index in [9.17, 15) is 14.0 Å². The first-order valence-corrected chi connectivity index (χ1v) is 12.5. The lowest BCUT2D eigenvalue weighted by Crippen LogP contribution is -2.51. The van der Waals surface area contributed by atoms with Gasteiger partial charge in [-0.1, -0.05) is 18.9 Å². The van der Waals surface area contributed by atoms with Gasteiger partial charge in [-0.05, 0) is 67.6 Å². The molecule has 0 bridgehead atoms. The molecule has 2 aromatic carbocycles. The number of nitrogens with one attached hydrogen (secondary N) is 2. The molecule has 2 aromatic rings. The lowest BCUT2D eigenvalue weighted by Gasteiger charge is -2.35. The normalized spacial score (nSPS) is 19.8. The maximum Gasteiger partial charge on any atom is 0.251 e. The first-order chi connectivity index (χ1) is 17.0. The number of ether oxygens (including phenoxy) is 2. The lowest BCUT2D eigenvalue weighted by atomic mass is 9.87. The van der Waals surface area contributed by atoms with Crippen LogP contribution in [0.5, 0.6) is 11.5 Å². The molecule has 7 nitrogen and oxygen atoms in total. The van der Waals surface area contributed by atoms with Crippen LogP contribution < -0.4 is 20.1 Å². The number of carbonyl (C=O) groups is 2. The van der Waals surface area contributed by atoms with E-state index in [1.165, 1.54) is 24.3 Å². The number of piperidine rings is 1. The number of carbonyl (C=O) groups excluding carboxylic acids is 2. The Morgan fingerprint density at radius 1 is 0.971 bits per heavy atom. The number of nitrogens with zero attached hydrogens (tertiary/aromatic N) is 1. The van der Waals surface area contributed by atoms with E-state index in [1.807, 2.05) is 12.1 Å². The molecule has 2 aliphatic heterocycles. The third-order valence-corrected chi connectivity index (χ3v) is 7.33. The predicted molar refractivity (Wildman–Crippen MR) is 129 cm³/mol. The highest BCUT2D eigenvalue weighted by atomic mass is 19.1. The van der Waals surface area contributed by atoms with Gasteiger partial charge in [0.2, 0.25) is 5.91 Å². The van der Waals surface area contributed by atoms with E-state index >= 15 is 0 Å². The lowest BCUT2D eigenvalue weighted by molar-refractivity contribution is -0.124. The van der Waals surface area contributed by atoms with Crippen molar-refractivity contribution in [2.45, 2.75) is 50.1 Å². The Labute approximate surface area is 205 Å². The standard InChI is InChI=1S/C27H32FN3O4/c28-21-6-3-19(4-7-21)26(33)29-22-9-13-31(14-10-22)18-25(32)30-27(11-1-2-12-27)20-5-8-23-24(17-20)35-16-15-34-23/h3-8,17,22H,1-2,9-16,18H2,(H,29,33)(H,30,32). The molecule has 2 heterocycles. The van der Waals surface area contributed by atoms with Crippen LogP contribution in [0.4, 0.5) is 4.39 Å². The van der Waals surface area contributed by atoms with Gasteiger partial charge in [0.05, 0.1) is 12.1 Å². The summed E-state index contributed by atoms with van der Waals surface area (Å²) >= 11 is 0. The number of rotatable bonds is 6. The second-order valence-corrected chi connectivity index (χ2v) is 9.73. The minimum Gasteiger partial charge on any atom is -0.486 e. The van der Waals surface area contributed by atoms with E-state index in [0.29, 0.717) is 25.3 Å². The van der Waals surface area contributed by atoms with Crippen molar-refractivity contribution in [1.29, 1.82) is 0 Å². The summed E-state index contributed by atoms with van der Waals surface area (Å²) in [5, 5.41) is 6.38. The van der Waals surface area contributed by atoms with E-state index in [1.54, 1.807) is 0 Å². The van der Waals surface area contributed by atoms with Gasteiger partial charge in [0, 0.05) is 24.7 Å². The molecule has 2 fully saturated rings. The summed E-state index contributed by atoms with van der Waals surface area (Å²) in [4.78, 5) is 27.6. The van der Waals surface area contributed by atoms with E-state index in [-0.39, 0.29) is 29.2 Å². The Kier molecular flexibility index (Phi) is 6.90. The van der Waals surface area contributed by atoms with Gasteiger partial charge in [-0.25, -0.2) is 4.39 Å². The largest absolute Gasteiger partial charge is 0.486 e. The Morgan fingerprint density at radius 2 is 1.66 bits per heavy atom. The smallest absolute Gasteiger partial charge is 0.251 e. The van der Waals surface area contributed by atoms with Crippen molar-refractivity contribution in [2.75, 3.05) is 32.8 Å². The first-order valence-electron chi connectivity index (χ1n) is 12.5. The second-order valence-electron chi connectivity index (χ2n) is 9.73. The summed E-state index contributed by atoms with van der Waals surface area (Å²) < 4.78 is 24.5. The van der Waals surface area contributed by atoms with Crippen molar-refractivity contribution in [3.63, 3.8) is 0 Å². The Bertz CT molecular complexity index is 1060. The highest BCUT2D eigenvalue weighted by Crippen LogP contribution is 2.42. The topological polar surface area (TPSA) is 79.9 Å². The van der Waals surface area contributed by atoms with E-state index < -0.39 is 0 Å². The number of likely N-dealkylation sites (tertiary alicyclic amines) is 1. The fraction of sp³-hybridized carbons (Fsp3) is 0.481. The van der Waals surface area contributed by atoms with Gasteiger partial charge in [-0.3, -0.25) is 14.5 Å². The first kappa shape index (κ1) is 23.6. The molecule has 0 spiro atoms. The van der Waals surface area contributed by atoms with Gasteiger partial charge >= 0.3 is 0 Å². The van der Waals surface area contributed by atoms with Crippen molar-refractivity contribution in [2.24, 2.45) is 0 Å². The van der Waals surface area contributed by atoms with Gasteiger partial charge in [0.1, 0.15) is 19.0 Å². The number of hydrogen-bond donors (Lipinski definition) is 2. The fourth-order valence-electron chi connectivity index (χ4n) is 5.42. The molecule has 2 N–H and O–H groups in total. The van der Waals surface area contributed by atoms with Crippen LogP contribution in [0.25, 0.3) is 0 Å². The molecule has 0 unspecified atom stereocenters. The van der Waals surface area contributed by atoms with Gasteiger partial charge in [0.15, 0.2) is 11.5 Å². The molecular weight excluding hydrogens is 449 g/mol. The van der Waals surface area contributed by atoms with Crippen molar-refractivity contribution >= 4 is 11.8 Å². The van der Waals surface area contributed by atoms with E-state index in [2.05, 4.69) is 21.6 Å². The highest BCUT2D eigenvalue weighted by Gasteiger charge is 2.38. The zero-order valence-electron chi connectivity index (χ0n) is 19.9. The van der Waals surface area contributed by atoms with Gasteiger partial charge in [-0.2, -0.15) is 0 Å². The molecule has 0 aromatic heterocycles. The van der Waals surface area contributed by atoms with Crippen LogP contribution in [0.1, 0.15) is 54.4 Å². The molecule has 0 radical (unpaired) electrons. The number of amides is 2. The minimum atomic E-state index is -0.367. The molecular formula is C27H32FN3O4. The molecule has 1 saturated carbocycles.